The number of alkyl halides is 3. The van der Waals surface area contributed by atoms with Crippen LogP contribution in [0.15, 0.2) is 22.1 Å². The lowest BCUT2D eigenvalue weighted by molar-refractivity contribution is -0.140. The van der Waals surface area contributed by atoms with Crippen molar-refractivity contribution in [2.75, 3.05) is 4.90 Å². The predicted molar refractivity (Wildman–Crippen MR) is 89.9 cm³/mol. The summed E-state index contributed by atoms with van der Waals surface area (Å²) in [6, 6.07) is 0.617. The summed E-state index contributed by atoms with van der Waals surface area (Å²) in [6.45, 7) is 3.69. The molecule has 2 rings (SSSR count). The van der Waals surface area contributed by atoms with Crippen molar-refractivity contribution in [2.45, 2.75) is 32.5 Å². The van der Waals surface area contributed by atoms with E-state index in [0.29, 0.717) is 16.5 Å². The van der Waals surface area contributed by atoms with Crippen LogP contribution in [0.3, 0.4) is 0 Å². The fourth-order valence-corrected chi connectivity index (χ4v) is 3.38. The Balaban J connectivity index is 2.49. The summed E-state index contributed by atoms with van der Waals surface area (Å²) in [5, 5.41) is 1.12. The number of nitrogens with two attached hydrogens (primary N) is 1. The molecule has 1 unspecified atom stereocenters. The molecule has 0 saturated carbocycles. The van der Waals surface area contributed by atoms with Gasteiger partial charge >= 0.3 is 12.2 Å². The number of amides is 2. The summed E-state index contributed by atoms with van der Waals surface area (Å²) in [5.74, 6) is 0.263. The molecule has 2 aromatic rings. The summed E-state index contributed by atoms with van der Waals surface area (Å²) in [4.78, 5) is 20.8. The van der Waals surface area contributed by atoms with Crippen LogP contribution in [-0.2, 0) is 6.18 Å². The molecule has 24 heavy (non-hydrogen) atoms. The molecular formula is C14H14BrF3N4OS. The topological polar surface area (TPSA) is 72.1 Å². The lowest BCUT2D eigenvalue weighted by Crippen LogP contribution is -2.42. The monoisotopic (exact) mass is 422 g/mol. The molecule has 0 bridgehead atoms. The molecule has 0 radical (unpaired) electrons. The normalized spacial score (nSPS) is 12.9. The molecule has 1 atom stereocenters. The maximum atomic E-state index is 12.7. The summed E-state index contributed by atoms with van der Waals surface area (Å²) in [5.41, 5.74) is 4.86. The Morgan fingerprint density at radius 3 is 2.67 bits per heavy atom. The number of nitrogens with zero attached hydrogens (tertiary/aromatic N) is 3. The Bertz CT molecular complexity index is 750. The minimum atomic E-state index is -4.51. The second-order valence-electron chi connectivity index (χ2n) is 5.02. The third-order valence-corrected chi connectivity index (χ3v) is 4.89. The molecule has 130 valence electrons. The fourth-order valence-electron chi connectivity index (χ4n) is 1.99. The molecular weight excluding hydrogens is 409 g/mol. The van der Waals surface area contributed by atoms with Gasteiger partial charge in [-0.25, -0.2) is 14.8 Å². The highest BCUT2D eigenvalue weighted by atomic mass is 79.9. The highest BCUT2D eigenvalue weighted by Crippen LogP contribution is 2.37. The van der Waals surface area contributed by atoms with Crippen molar-refractivity contribution >= 4 is 39.1 Å². The summed E-state index contributed by atoms with van der Waals surface area (Å²) in [7, 11) is 0. The number of hydrogen-bond acceptors (Lipinski definition) is 4. The zero-order chi connectivity index (χ0) is 18.1. The zero-order valence-electron chi connectivity index (χ0n) is 12.8. The van der Waals surface area contributed by atoms with Gasteiger partial charge in [0.1, 0.15) is 10.8 Å². The minimum Gasteiger partial charge on any atom is -0.351 e. The van der Waals surface area contributed by atoms with E-state index < -0.39 is 17.9 Å². The molecule has 0 aliphatic carbocycles. The number of hydrogen-bond donors (Lipinski definition) is 1. The number of urea groups is 1. The van der Waals surface area contributed by atoms with Crippen LogP contribution in [0.5, 0.6) is 0 Å². The predicted octanol–water partition coefficient (Wildman–Crippen LogP) is 4.67. The first-order chi connectivity index (χ1) is 11.1. The van der Waals surface area contributed by atoms with Crippen LogP contribution in [0, 0.1) is 0 Å². The van der Waals surface area contributed by atoms with E-state index in [1.807, 2.05) is 6.92 Å². The van der Waals surface area contributed by atoms with Crippen LogP contribution in [0.1, 0.15) is 26.0 Å². The Morgan fingerprint density at radius 2 is 2.17 bits per heavy atom. The van der Waals surface area contributed by atoms with Crippen molar-refractivity contribution < 1.29 is 18.0 Å². The van der Waals surface area contributed by atoms with E-state index in [4.69, 9.17) is 5.73 Å². The maximum absolute atomic E-state index is 12.7. The van der Waals surface area contributed by atoms with Gasteiger partial charge in [0.2, 0.25) is 0 Å². The van der Waals surface area contributed by atoms with Crippen LogP contribution in [0.4, 0.5) is 23.8 Å². The summed E-state index contributed by atoms with van der Waals surface area (Å²) >= 11 is 4.12. The second-order valence-corrected chi connectivity index (χ2v) is 6.74. The molecule has 2 amide bonds. The largest absolute Gasteiger partial charge is 0.434 e. The van der Waals surface area contributed by atoms with E-state index >= 15 is 0 Å². The first-order valence-electron chi connectivity index (χ1n) is 6.92. The van der Waals surface area contributed by atoms with E-state index in [0.717, 1.165) is 16.7 Å². The Morgan fingerprint density at radius 1 is 1.50 bits per heavy atom. The number of aromatic nitrogens is 2. The van der Waals surface area contributed by atoms with Crippen molar-refractivity contribution in [3.63, 3.8) is 0 Å². The van der Waals surface area contributed by atoms with Gasteiger partial charge < -0.3 is 5.73 Å². The highest BCUT2D eigenvalue weighted by Gasteiger charge is 2.34. The maximum Gasteiger partial charge on any atom is 0.434 e. The number of halogens is 4. The van der Waals surface area contributed by atoms with Gasteiger partial charge in [-0.2, -0.15) is 13.2 Å². The number of carbonyl (C=O) groups is 1. The average Bonchev–Trinajstić information content (AvgIpc) is 2.98. The van der Waals surface area contributed by atoms with E-state index in [2.05, 4.69) is 25.9 Å². The number of primary amides is 1. The molecule has 10 heteroatoms. The van der Waals surface area contributed by atoms with E-state index in [9.17, 15) is 18.0 Å². The lowest BCUT2D eigenvalue weighted by atomic mass is 10.2. The molecule has 2 aromatic heterocycles. The molecule has 2 N–H and O–H groups in total. The van der Waals surface area contributed by atoms with Gasteiger partial charge in [-0.15, -0.1) is 11.3 Å². The van der Waals surface area contributed by atoms with Crippen LogP contribution in [-0.4, -0.2) is 22.0 Å². The van der Waals surface area contributed by atoms with E-state index in [1.165, 1.54) is 17.2 Å². The van der Waals surface area contributed by atoms with Gasteiger partial charge in [-0.05, 0) is 35.3 Å². The molecule has 5 nitrogen and oxygen atoms in total. The summed E-state index contributed by atoms with van der Waals surface area (Å²) < 4.78 is 38.7. The molecule has 0 aliphatic heterocycles. The van der Waals surface area contributed by atoms with Gasteiger partial charge in [-0.3, -0.25) is 4.90 Å². The quantitative estimate of drug-likeness (QED) is 0.777. The fraction of sp³-hybridized carbons (Fsp3) is 0.357. The van der Waals surface area contributed by atoms with Crippen molar-refractivity contribution in [2.24, 2.45) is 5.73 Å². The second kappa shape index (κ2) is 7.06. The SMILES string of the molecule is CCC(C)N(C(N)=O)c1cc(-c2nc(C(F)(F)F)cs2)c(Br)cn1. The van der Waals surface area contributed by atoms with Gasteiger partial charge in [0.25, 0.3) is 0 Å². The third-order valence-electron chi connectivity index (χ3n) is 3.38. The van der Waals surface area contributed by atoms with Gasteiger partial charge in [0, 0.05) is 27.7 Å². The van der Waals surface area contributed by atoms with Crippen LogP contribution >= 0.6 is 27.3 Å². The molecule has 0 spiro atoms. The zero-order valence-corrected chi connectivity index (χ0v) is 15.2. The number of pyridine rings is 1. The highest BCUT2D eigenvalue weighted by molar-refractivity contribution is 9.10. The smallest absolute Gasteiger partial charge is 0.351 e. The van der Waals surface area contributed by atoms with Crippen LogP contribution in [0.2, 0.25) is 0 Å². The van der Waals surface area contributed by atoms with Crippen molar-refractivity contribution in [3.05, 3.63) is 27.8 Å². The van der Waals surface area contributed by atoms with Gasteiger partial charge in [0.05, 0.1) is 0 Å². The lowest BCUT2D eigenvalue weighted by Gasteiger charge is -2.26. The van der Waals surface area contributed by atoms with Crippen LogP contribution in [0.25, 0.3) is 10.6 Å². The van der Waals surface area contributed by atoms with Crippen molar-refractivity contribution in [1.29, 1.82) is 0 Å². The first kappa shape index (κ1) is 18.7. The van der Waals surface area contributed by atoms with Gasteiger partial charge in [0.15, 0.2) is 5.69 Å². The number of rotatable bonds is 4. The standard InChI is InChI=1S/C14H14BrF3N4OS/c1-3-7(2)22(13(19)23)11-4-8(9(15)5-20-11)12-21-10(6-24-12)14(16,17)18/h4-7H,3H2,1-2H3,(H2,19,23). The third kappa shape index (κ3) is 3.86. The molecule has 2 heterocycles. The number of anilines is 1. The van der Waals surface area contributed by atoms with Crippen molar-refractivity contribution in [1.82, 2.24) is 9.97 Å². The summed E-state index contributed by atoms with van der Waals surface area (Å²) in [6.07, 6.45) is -2.45. The van der Waals surface area contributed by atoms with E-state index in [-0.39, 0.29) is 16.9 Å². The number of thiazole rings is 1. The Hall–Kier alpha value is -1.68. The van der Waals surface area contributed by atoms with Crippen molar-refractivity contribution in [3.8, 4) is 10.6 Å². The average molecular weight is 423 g/mol. The van der Waals surface area contributed by atoms with Gasteiger partial charge in [-0.1, -0.05) is 6.92 Å². The first-order valence-corrected chi connectivity index (χ1v) is 8.59. The molecule has 0 aliphatic rings. The Labute approximate surface area is 148 Å². The minimum absolute atomic E-state index is 0.173. The van der Waals surface area contributed by atoms with Crippen LogP contribution < -0.4 is 10.6 Å². The van der Waals surface area contributed by atoms with E-state index in [1.54, 1.807) is 6.92 Å². The molecule has 0 saturated heterocycles. The molecule has 0 fully saturated rings. The molecule has 0 aromatic carbocycles. The number of carbonyl (C=O) groups excluding carboxylic acids is 1. The Kier molecular flexibility index (Phi) is 5.49.